The van der Waals surface area contributed by atoms with Crippen molar-refractivity contribution in [3.05, 3.63) is 82.0 Å². The fourth-order valence-corrected chi connectivity index (χ4v) is 4.61. The first-order chi connectivity index (χ1) is 17.9. The van der Waals surface area contributed by atoms with E-state index in [2.05, 4.69) is 26.4 Å². The predicted octanol–water partition coefficient (Wildman–Crippen LogP) is 5.49. The van der Waals surface area contributed by atoms with Gasteiger partial charge in [0.05, 0.1) is 12.3 Å². The van der Waals surface area contributed by atoms with Gasteiger partial charge >= 0.3 is 5.97 Å². The number of ether oxygens (including phenoxy) is 1. The monoisotopic (exact) mass is 565 g/mol. The van der Waals surface area contributed by atoms with E-state index >= 15 is 0 Å². The Morgan fingerprint density at radius 3 is 2.41 bits per heavy atom. The molecule has 1 aromatic heterocycles. The lowest BCUT2D eigenvalue weighted by molar-refractivity contribution is -0.137. The molecule has 1 aliphatic heterocycles. The van der Waals surface area contributed by atoms with E-state index in [9.17, 15) is 14.4 Å². The van der Waals surface area contributed by atoms with Crippen LogP contribution in [0.1, 0.15) is 47.3 Å². The molecule has 1 aliphatic rings. The van der Waals surface area contributed by atoms with Gasteiger partial charge in [0.25, 0.3) is 5.91 Å². The molecule has 2 heterocycles. The predicted molar refractivity (Wildman–Crippen MR) is 143 cm³/mol. The number of hydrogen-bond donors (Lipinski definition) is 1. The fourth-order valence-electron chi connectivity index (χ4n) is 4.35. The third-order valence-electron chi connectivity index (χ3n) is 6.27. The number of esters is 1. The summed E-state index contributed by atoms with van der Waals surface area (Å²) in [5.74, 6) is -0.219. The molecule has 2 aromatic carbocycles. The molecule has 0 aliphatic carbocycles. The Balaban J connectivity index is 1.35. The van der Waals surface area contributed by atoms with Gasteiger partial charge in [-0.15, -0.1) is 0 Å². The SMILES string of the molecule is CCOC(=O)/C=C/C(=O)Nc1ccc(C2CCN(C(=O)c3c(C)noc3-c3ccc(Br)cc3)CC2)cc1. The highest BCUT2D eigenvalue weighted by atomic mass is 79.9. The number of aromatic nitrogens is 1. The molecule has 0 radical (unpaired) electrons. The van der Waals surface area contributed by atoms with Gasteiger partial charge in [-0.3, -0.25) is 9.59 Å². The number of hydrogen-bond acceptors (Lipinski definition) is 6. The molecule has 37 heavy (non-hydrogen) atoms. The highest BCUT2D eigenvalue weighted by Gasteiger charge is 2.29. The summed E-state index contributed by atoms with van der Waals surface area (Å²) in [5, 5.41) is 6.79. The Morgan fingerprint density at radius 2 is 1.76 bits per heavy atom. The molecule has 9 heteroatoms. The zero-order valence-corrected chi connectivity index (χ0v) is 22.3. The van der Waals surface area contributed by atoms with E-state index in [-0.39, 0.29) is 12.5 Å². The number of carbonyl (C=O) groups is 3. The van der Waals surface area contributed by atoms with Crippen LogP contribution >= 0.6 is 15.9 Å². The van der Waals surface area contributed by atoms with E-state index in [0.717, 1.165) is 40.6 Å². The quantitative estimate of drug-likeness (QED) is 0.300. The van der Waals surface area contributed by atoms with Crippen molar-refractivity contribution in [3.63, 3.8) is 0 Å². The van der Waals surface area contributed by atoms with E-state index in [1.165, 1.54) is 0 Å². The summed E-state index contributed by atoms with van der Waals surface area (Å²) in [7, 11) is 0. The van der Waals surface area contributed by atoms with Crippen LogP contribution in [0.25, 0.3) is 11.3 Å². The molecule has 0 saturated carbocycles. The highest BCUT2D eigenvalue weighted by Crippen LogP contribution is 2.32. The highest BCUT2D eigenvalue weighted by molar-refractivity contribution is 9.10. The average Bonchev–Trinajstić information content (AvgIpc) is 3.29. The molecule has 3 aromatic rings. The average molecular weight is 566 g/mol. The van der Waals surface area contributed by atoms with Crippen LogP contribution in [0, 0.1) is 6.92 Å². The Hall–Kier alpha value is -3.72. The summed E-state index contributed by atoms with van der Waals surface area (Å²) in [5.41, 5.74) is 3.70. The first kappa shape index (κ1) is 26.3. The minimum Gasteiger partial charge on any atom is -0.463 e. The summed E-state index contributed by atoms with van der Waals surface area (Å²) >= 11 is 3.43. The van der Waals surface area contributed by atoms with Crippen molar-refractivity contribution in [2.45, 2.75) is 32.6 Å². The maximum atomic E-state index is 13.4. The smallest absolute Gasteiger partial charge is 0.330 e. The Morgan fingerprint density at radius 1 is 1.08 bits per heavy atom. The van der Waals surface area contributed by atoms with Crippen molar-refractivity contribution in [1.29, 1.82) is 0 Å². The largest absolute Gasteiger partial charge is 0.463 e. The number of halogens is 1. The number of carbonyl (C=O) groups excluding carboxylic acids is 3. The van der Waals surface area contributed by atoms with Crippen molar-refractivity contribution in [3.8, 4) is 11.3 Å². The zero-order valence-electron chi connectivity index (χ0n) is 20.7. The number of amides is 2. The number of aryl methyl sites for hydroxylation is 1. The topological polar surface area (TPSA) is 102 Å². The van der Waals surface area contributed by atoms with Gasteiger partial charge in [0.2, 0.25) is 5.91 Å². The number of rotatable bonds is 7. The summed E-state index contributed by atoms with van der Waals surface area (Å²) in [4.78, 5) is 38.6. The van der Waals surface area contributed by atoms with Gasteiger partial charge in [-0.05, 0) is 74.6 Å². The van der Waals surface area contributed by atoms with Crippen LogP contribution in [0.15, 0.2) is 69.7 Å². The fraction of sp³-hybridized carbons (Fsp3) is 0.286. The second kappa shape index (κ2) is 12.0. The second-order valence-corrected chi connectivity index (χ2v) is 9.66. The number of nitrogens with one attached hydrogen (secondary N) is 1. The van der Waals surface area contributed by atoms with E-state index < -0.39 is 11.9 Å². The van der Waals surface area contributed by atoms with E-state index in [1.54, 1.807) is 13.8 Å². The molecule has 0 bridgehead atoms. The van der Waals surface area contributed by atoms with Crippen LogP contribution in [0.4, 0.5) is 5.69 Å². The second-order valence-electron chi connectivity index (χ2n) is 8.74. The zero-order chi connectivity index (χ0) is 26.4. The minimum atomic E-state index is -0.554. The van der Waals surface area contributed by atoms with Gasteiger partial charge in [-0.2, -0.15) is 0 Å². The maximum Gasteiger partial charge on any atom is 0.330 e. The van der Waals surface area contributed by atoms with E-state index in [1.807, 2.05) is 53.4 Å². The molecule has 4 rings (SSSR count). The van der Waals surface area contributed by atoms with Crippen LogP contribution < -0.4 is 5.32 Å². The van der Waals surface area contributed by atoms with Gasteiger partial charge in [0.1, 0.15) is 5.56 Å². The van der Waals surface area contributed by atoms with E-state index in [4.69, 9.17) is 9.26 Å². The number of likely N-dealkylation sites (tertiary alicyclic amines) is 1. The third kappa shape index (κ3) is 6.54. The Bertz CT molecular complexity index is 1290. The van der Waals surface area contributed by atoms with Crippen LogP contribution in [0.2, 0.25) is 0 Å². The maximum absolute atomic E-state index is 13.4. The number of anilines is 1. The summed E-state index contributed by atoms with van der Waals surface area (Å²) in [6.45, 7) is 5.01. The number of nitrogens with zero attached hydrogens (tertiary/aromatic N) is 2. The molecule has 1 saturated heterocycles. The standard InChI is InChI=1S/C28H28BrN3O5/c1-3-36-25(34)13-12-24(33)30-23-10-6-19(7-11-23)20-14-16-32(17-15-20)28(35)26-18(2)31-37-27(26)21-4-8-22(29)9-5-21/h4-13,20H,3,14-17H2,1-2H3,(H,30,33)/b13-12+. The lowest BCUT2D eigenvalue weighted by Gasteiger charge is -2.32. The van der Waals surface area contributed by atoms with Crippen molar-refractivity contribution in [1.82, 2.24) is 10.1 Å². The summed E-state index contributed by atoms with van der Waals surface area (Å²) < 4.78 is 11.2. The molecule has 1 N–H and O–H groups in total. The molecular formula is C28H28BrN3O5. The van der Waals surface area contributed by atoms with Gasteiger partial charge in [0, 0.05) is 41.0 Å². The van der Waals surface area contributed by atoms with Crippen molar-refractivity contribution >= 4 is 39.4 Å². The summed E-state index contributed by atoms with van der Waals surface area (Å²) in [6, 6.07) is 15.3. The molecule has 192 valence electrons. The van der Waals surface area contributed by atoms with Crippen molar-refractivity contribution < 1.29 is 23.6 Å². The molecule has 8 nitrogen and oxygen atoms in total. The van der Waals surface area contributed by atoms with Crippen LogP contribution in [-0.2, 0) is 14.3 Å². The molecule has 0 unspecified atom stereocenters. The molecular weight excluding hydrogens is 538 g/mol. The first-order valence-electron chi connectivity index (χ1n) is 12.1. The van der Waals surface area contributed by atoms with Gasteiger partial charge in [-0.25, -0.2) is 4.79 Å². The minimum absolute atomic E-state index is 0.0657. The molecule has 2 amide bonds. The lowest BCUT2D eigenvalue weighted by Crippen LogP contribution is -2.38. The van der Waals surface area contributed by atoms with Gasteiger partial charge in [-0.1, -0.05) is 33.2 Å². The van der Waals surface area contributed by atoms with Gasteiger partial charge < -0.3 is 19.5 Å². The lowest BCUT2D eigenvalue weighted by atomic mass is 9.89. The number of benzene rings is 2. The third-order valence-corrected chi connectivity index (χ3v) is 6.80. The Kier molecular flexibility index (Phi) is 8.55. The van der Waals surface area contributed by atoms with Gasteiger partial charge in [0.15, 0.2) is 5.76 Å². The van der Waals surface area contributed by atoms with Crippen molar-refractivity contribution in [2.75, 3.05) is 25.0 Å². The first-order valence-corrected chi connectivity index (χ1v) is 12.9. The van der Waals surface area contributed by atoms with Crippen LogP contribution in [0.3, 0.4) is 0 Å². The molecule has 1 fully saturated rings. The normalized spacial score (nSPS) is 14.1. The van der Waals surface area contributed by atoms with E-state index in [0.29, 0.717) is 41.7 Å². The molecule has 0 atom stereocenters. The summed E-state index contributed by atoms with van der Waals surface area (Å²) in [6.07, 6.45) is 3.92. The Labute approximate surface area is 223 Å². The van der Waals surface area contributed by atoms with Crippen LogP contribution in [0.5, 0.6) is 0 Å². The number of piperidine rings is 1. The van der Waals surface area contributed by atoms with Crippen molar-refractivity contribution in [2.24, 2.45) is 0 Å². The molecule has 0 spiro atoms. The van der Waals surface area contributed by atoms with Crippen LogP contribution in [-0.4, -0.2) is 47.5 Å².